The average molecular weight is 353 g/mol. The minimum Gasteiger partial charge on any atom is -0.452 e. The van der Waals surface area contributed by atoms with Crippen LogP contribution in [0.4, 0.5) is 0 Å². The minimum absolute atomic E-state index is 0.675. The lowest BCUT2D eigenvalue weighted by molar-refractivity contribution is 0.462. The van der Waals surface area contributed by atoms with E-state index in [-0.39, 0.29) is 0 Å². The van der Waals surface area contributed by atoms with Crippen LogP contribution in [0.1, 0.15) is 5.76 Å². The topological polar surface area (TPSA) is 31.0 Å². The van der Waals surface area contributed by atoms with Crippen LogP contribution in [-0.2, 0) is 6.54 Å². The Morgan fingerprint density at radius 3 is 2.92 bits per heavy atom. The molecule has 0 saturated carbocycles. The smallest absolute Gasteiger partial charge is 0.169 e. The van der Waals surface area contributed by atoms with Crippen LogP contribution in [0.15, 0.2) is 33.6 Å². The number of rotatable bonds is 2. The molecule has 5 heteroatoms. The van der Waals surface area contributed by atoms with Crippen molar-refractivity contribution in [2.75, 3.05) is 0 Å². The standard InChI is InChI=1S/C8H6BrIN2O/c9-8-2-1-7(13-8)5-12-4-6(10)3-11-12/h1-4H,5H2. The fraction of sp³-hybridized carbons (Fsp3) is 0.125. The Hall–Kier alpha value is -0.300. The summed E-state index contributed by atoms with van der Waals surface area (Å²) in [5.74, 6) is 0.895. The van der Waals surface area contributed by atoms with Crippen LogP contribution < -0.4 is 0 Å². The Morgan fingerprint density at radius 1 is 1.54 bits per heavy atom. The third-order valence-corrected chi connectivity index (χ3v) is 2.53. The van der Waals surface area contributed by atoms with Crippen molar-refractivity contribution in [2.24, 2.45) is 0 Å². The summed E-state index contributed by atoms with van der Waals surface area (Å²) in [5, 5.41) is 4.15. The second-order valence-electron chi connectivity index (χ2n) is 2.56. The van der Waals surface area contributed by atoms with E-state index in [1.807, 2.05) is 29.2 Å². The van der Waals surface area contributed by atoms with E-state index >= 15 is 0 Å². The molecule has 0 amide bonds. The molecule has 0 aliphatic heterocycles. The number of nitrogens with zero attached hydrogens (tertiary/aromatic N) is 2. The maximum atomic E-state index is 5.35. The molecule has 2 aromatic heterocycles. The van der Waals surface area contributed by atoms with Gasteiger partial charge >= 0.3 is 0 Å². The predicted molar refractivity (Wildman–Crippen MR) is 60.5 cm³/mol. The zero-order valence-corrected chi connectivity index (χ0v) is 10.3. The van der Waals surface area contributed by atoms with Crippen LogP contribution in [0.3, 0.4) is 0 Å². The first-order valence-corrected chi connectivity index (χ1v) is 5.53. The molecule has 0 radical (unpaired) electrons. The second-order valence-corrected chi connectivity index (χ2v) is 4.59. The first-order valence-electron chi connectivity index (χ1n) is 3.66. The third-order valence-electron chi connectivity index (χ3n) is 1.55. The van der Waals surface area contributed by atoms with Crippen LogP contribution >= 0.6 is 38.5 Å². The van der Waals surface area contributed by atoms with E-state index in [4.69, 9.17) is 4.42 Å². The molecule has 0 aliphatic rings. The predicted octanol–water partition coefficient (Wildman–Crippen LogP) is 2.89. The molecule has 0 bridgehead atoms. The van der Waals surface area contributed by atoms with E-state index in [0.717, 1.165) is 14.0 Å². The van der Waals surface area contributed by atoms with Crippen LogP contribution in [-0.4, -0.2) is 9.78 Å². The maximum absolute atomic E-state index is 5.35. The highest BCUT2D eigenvalue weighted by molar-refractivity contribution is 14.1. The van der Waals surface area contributed by atoms with Gasteiger partial charge in [0.25, 0.3) is 0 Å². The average Bonchev–Trinajstić information content (AvgIpc) is 2.62. The summed E-state index contributed by atoms with van der Waals surface area (Å²) >= 11 is 5.48. The van der Waals surface area contributed by atoms with Crippen molar-refractivity contribution in [3.63, 3.8) is 0 Å². The van der Waals surface area contributed by atoms with Gasteiger partial charge < -0.3 is 4.42 Å². The molecule has 0 atom stereocenters. The SMILES string of the molecule is Brc1ccc(Cn2cc(I)cn2)o1. The van der Waals surface area contributed by atoms with Crippen molar-refractivity contribution in [1.29, 1.82) is 0 Å². The molecular formula is C8H6BrIN2O. The highest BCUT2D eigenvalue weighted by atomic mass is 127. The molecule has 0 aromatic carbocycles. The molecule has 0 aliphatic carbocycles. The van der Waals surface area contributed by atoms with Crippen LogP contribution in [0.25, 0.3) is 0 Å². The summed E-state index contributed by atoms with van der Waals surface area (Å²) in [4.78, 5) is 0. The zero-order valence-electron chi connectivity index (χ0n) is 6.58. The van der Waals surface area contributed by atoms with E-state index in [1.54, 1.807) is 0 Å². The van der Waals surface area contributed by atoms with E-state index in [2.05, 4.69) is 43.6 Å². The Kier molecular flexibility index (Phi) is 2.73. The van der Waals surface area contributed by atoms with Gasteiger partial charge in [0.05, 0.1) is 16.3 Å². The highest BCUT2D eigenvalue weighted by Gasteiger charge is 2.01. The van der Waals surface area contributed by atoms with E-state index in [1.165, 1.54) is 0 Å². The van der Waals surface area contributed by atoms with Crippen molar-refractivity contribution in [3.05, 3.63) is 38.5 Å². The minimum atomic E-state index is 0.675. The van der Waals surface area contributed by atoms with Gasteiger partial charge in [0.15, 0.2) is 4.67 Å². The monoisotopic (exact) mass is 352 g/mol. The van der Waals surface area contributed by atoms with Gasteiger partial charge in [0.2, 0.25) is 0 Å². The molecule has 0 unspecified atom stereocenters. The van der Waals surface area contributed by atoms with Gasteiger partial charge in [0.1, 0.15) is 5.76 Å². The lowest BCUT2D eigenvalue weighted by atomic mass is 10.4. The normalized spacial score (nSPS) is 10.6. The molecule has 13 heavy (non-hydrogen) atoms. The van der Waals surface area contributed by atoms with Gasteiger partial charge in [-0.25, -0.2) is 0 Å². The third kappa shape index (κ3) is 2.34. The van der Waals surface area contributed by atoms with Crippen LogP contribution in [0, 0.1) is 3.57 Å². The largest absolute Gasteiger partial charge is 0.452 e. The van der Waals surface area contributed by atoms with Crippen molar-refractivity contribution in [3.8, 4) is 0 Å². The van der Waals surface area contributed by atoms with Gasteiger partial charge in [-0.3, -0.25) is 4.68 Å². The number of hydrogen-bond acceptors (Lipinski definition) is 2. The number of furan rings is 1. The molecule has 0 saturated heterocycles. The van der Waals surface area contributed by atoms with E-state index in [0.29, 0.717) is 6.54 Å². The lowest BCUT2D eigenvalue weighted by Crippen LogP contribution is -1.97. The number of halogens is 2. The van der Waals surface area contributed by atoms with Crippen LogP contribution in [0.2, 0.25) is 0 Å². The van der Waals surface area contributed by atoms with Gasteiger partial charge in [-0.2, -0.15) is 5.10 Å². The summed E-state index contributed by atoms with van der Waals surface area (Å²) in [6.45, 7) is 0.675. The highest BCUT2D eigenvalue weighted by Crippen LogP contribution is 2.15. The summed E-state index contributed by atoms with van der Waals surface area (Å²) < 4.78 is 9.07. The zero-order chi connectivity index (χ0) is 9.26. The Labute approximate surface area is 97.4 Å². The van der Waals surface area contributed by atoms with Gasteiger partial charge in [-0.15, -0.1) is 0 Å². The summed E-state index contributed by atoms with van der Waals surface area (Å²) in [5.41, 5.74) is 0. The maximum Gasteiger partial charge on any atom is 0.169 e. The van der Waals surface area contributed by atoms with Gasteiger partial charge in [-0.1, -0.05) is 0 Å². The van der Waals surface area contributed by atoms with Crippen molar-refractivity contribution in [2.45, 2.75) is 6.54 Å². The molecule has 0 spiro atoms. The second kappa shape index (κ2) is 3.83. The Balaban J connectivity index is 2.14. The first kappa shape index (κ1) is 9.26. The quantitative estimate of drug-likeness (QED) is 0.778. The van der Waals surface area contributed by atoms with Gasteiger partial charge in [-0.05, 0) is 50.7 Å². The number of hydrogen-bond donors (Lipinski definition) is 0. The fourth-order valence-corrected chi connectivity index (χ4v) is 1.81. The van der Waals surface area contributed by atoms with E-state index < -0.39 is 0 Å². The molecule has 0 N–H and O–H groups in total. The summed E-state index contributed by atoms with van der Waals surface area (Å²) in [6.07, 6.45) is 3.79. The molecule has 2 rings (SSSR count). The molecule has 0 fully saturated rings. The molecule has 3 nitrogen and oxygen atoms in total. The molecular weight excluding hydrogens is 347 g/mol. The van der Waals surface area contributed by atoms with E-state index in [9.17, 15) is 0 Å². The van der Waals surface area contributed by atoms with Crippen LogP contribution in [0.5, 0.6) is 0 Å². The Morgan fingerprint density at radius 2 is 2.38 bits per heavy atom. The first-order chi connectivity index (χ1) is 6.24. The Bertz CT molecular complexity index is 371. The van der Waals surface area contributed by atoms with Crippen molar-refractivity contribution in [1.82, 2.24) is 9.78 Å². The summed E-state index contributed by atoms with van der Waals surface area (Å²) in [7, 11) is 0. The summed E-state index contributed by atoms with van der Waals surface area (Å²) in [6, 6.07) is 3.81. The molecule has 2 aromatic rings. The molecule has 68 valence electrons. The molecule has 2 heterocycles. The van der Waals surface area contributed by atoms with Crippen molar-refractivity contribution < 1.29 is 4.42 Å². The lowest BCUT2D eigenvalue weighted by Gasteiger charge is -1.95. The number of aromatic nitrogens is 2. The van der Waals surface area contributed by atoms with Gasteiger partial charge in [0, 0.05) is 6.20 Å². The fourth-order valence-electron chi connectivity index (χ4n) is 1.02. The van der Waals surface area contributed by atoms with Crippen molar-refractivity contribution >= 4 is 38.5 Å².